The minimum absolute atomic E-state index is 0.0390. The van der Waals surface area contributed by atoms with Gasteiger partial charge in [-0.05, 0) is 50.9 Å². The number of carbonyl (C=O) groups is 1. The van der Waals surface area contributed by atoms with Crippen molar-refractivity contribution in [1.82, 2.24) is 4.90 Å². The number of benzene rings is 1. The largest absolute Gasteiger partial charge is 0.326 e. The van der Waals surface area contributed by atoms with Gasteiger partial charge in [0.2, 0.25) is 5.91 Å². The lowest BCUT2D eigenvalue weighted by molar-refractivity contribution is -0.116. The molecule has 0 radical (unpaired) electrons. The number of halogens is 1. The fraction of sp³-hybridized carbons (Fsp3) is 0.533. The van der Waals surface area contributed by atoms with Crippen LogP contribution in [0.2, 0.25) is 5.02 Å². The Morgan fingerprint density at radius 3 is 2.89 bits per heavy atom. The third kappa shape index (κ3) is 4.51. The van der Waals surface area contributed by atoms with E-state index in [9.17, 15) is 4.79 Å². The lowest BCUT2D eigenvalue weighted by Crippen LogP contribution is -2.33. The van der Waals surface area contributed by atoms with Crippen molar-refractivity contribution >= 4 is 23.2 Å². The van der Waals surface area contributed by atoms with Crippen LogP contribution in [0.1, 0.15) is 26.2 Å². The Labute approximate surface area is 119 Å². The van der Waals surface area contributed by atoms with Crippen LogP contribution in [-0.2, 0) is 4.79 Å². The highest BCUT2D eigenvalue weighted by Crippen LogP contribution is 2.34. The fourth-order valence-corrected chi connectivity index (χ4v) is 2.40. The maximum absolute atomic E-state index is 11.9. The van der Waals surface area contributed by atoms with Crippen molar-refractivity contribution in [2.45, 2.75) is 32.2 Å². The Balaban J connectivity index is 1.75. The molecular formula is C15H21ClN2O. The number of rotatable bonds is 6. The van der Waals surface area contributed by atoms with Crippen molar-refractivity contribution in [2.24, 2.45) is 5.92 Å². The average Bonchev–Trinajstić information content (AvgIpc) is 3.19. The van der Waals surface area contributed by atoms with E-state index < -0.39 is 0 Å². The third-order valence-electron chi connectivity index (χ3n) is 3.80. The summed E-state index contributed by atoms with van der Waals surface area (Å²) in [6.07, 6.45) is 3.18. The van der Waals surface area contributed by atoms with Crippen LogP contribution in [0.3, 0.4) is 0 Å². The van der Waals surface area contributed by atoms with E-state index in [4.69, 9.17) is 11.6 Å². The summed E-state index contributed by atoms with van der Waals surface area (Å²) in [5.74, 6) is 0.873. The zero-order chi connectivity index (χ0) is 13.8. The minimum atomic E-state index is 0.0390. The number of amides is 1. The first-order valence-corrected chi connectivity index (χ1v) is 7.19. The van der Waals surface area contributed by atoms with E-state index in [2.05, 4.69) is 24.2 Å². The molecule has 1 amide bonds. The molecule has 0 aromatic heterocycles. The molecule has 0 aliphatic heterocycles. The quantitative estimate of drug-likeness (QED) is 0.866. The van der Waals surface area contributed by atoms with E-state index in [1.165, 1.54) is 12.8 Å². The molecule has 1 aromatic carbocycles. The van der Waals surface area contributed by atoms with E-state index in [1.54, 1.807) is 12.1 Å². The number of hydrogen-bond donors (Lipinski definition) is 1. The Morgan fingerprint density at radius 1 is 1.53 bits per heavy atom. The molecule has 4 heteroatoms. The number of hydrogen-bond acceptors (Lipinski definition) is 2. The van der Waals surface area contributed by atoms with Crippen LogP contribution in [0.25, 0.3) is 0 Å². The first-order chi connectivity index (χ1) is 9.06. The van der Waals surface area contributed by atoms with Crippen molar-refractivity contribution in [1.29, 1.82) is 0 Å². The number of anilines is 1. The predicted molar refractivity (Wildman–Crippen MR) is 79.5 cm³/mol. The van der Waals surface area contributed by atoms with Crippen LogP contribution in [0.15, 0.2) is 24.3 Å². The Kier molecular flexibility index (Phi) is 4.83. The summed E-state index contributed by atoms with van der Waals surface area (Å²) in [4.78, 5) is 14.1. The maximum atomic E-state index is 11.9. The number of carbonyl (C=O) groups excluding carboxylic acids is 1. The van der Waals surface area contributed by atoms with Gasteiger partial charge in [0.25, 0.3) is 0 Å². The number of nitrogens with zero attached hydrogens (tertiary/aromatic N) is 1. The lowest BCUT2D eigenvalue weighted by atomic mass is 10.2. The summed E-state index contributed by atoms with van der Waals surface area (Å²) in [6.45, 7) is 3.04. The van der Waals surface area contributed by atoms with Crippen molar-refractivity contribution < 1.29 is 4.79 Å². The molecular weight excluding hydrogens is 260 g/mol. The van der Waals surface area contributed by atoms with Gasteiger partial charge >= 0.3 is 0 Å². The van der Waals surface area contributed by atoms with Gasteiger partial charge in [0, 0.05) is 29.7 Å². The van der Waals surface area contributed by atoms with Gasteiger partial charge in [-0.2, -0.15) is 0 Å². The van der Waals surface area contributed by atoms with Gasteiger partial charge in [-0.3, -0.25) is 4.79 Å². The molecule has 0 saturated heterocycles. The molecule has 1 aromatic rings. The van der Waals surface area contributed by atoms with E-state index in [0.29, 0.717) is 17.5 Å². The summed E-state index contributed by atoms with van der Waals surface area (Å²) >= 11 is 5.88. The van der Waals surface area contributed by atoms with Gasteiger partial charge in [0.1, 0.15) is 0 Å². The molecule has 0 bridgehead atoms. The van der Waals surface area contributed by atoms with E-state index in [0.717, 1.165) is 18.2 Å². The zero-order valence-electron chi connectivity index (χ0n) is 11.5. The summed E-state index contributed by atoms with van der Waals surface area (Å²) in [5, 5.41) is 3.51. The topological polar surface area (TPSA) is 32.3 Å². The van der Waals surface area contributed by atoms with Crippen molar-refractivity contribution in [2.75, 3.05) is 18.9 Å². The smallest absolute Gasteiger partial charge is 0.225 e. The van der Waals surface area contributed by atoms with Gasteiger partial charge < -0.3 is 10.2 Å². The van der Waals surface area contributed by atoms with Crippen molar-refractivity contribution in [3.05, 3.63) is 29.3 Å². The molecule has 0 heterocycles. The molecule has 1 unspecified atom stereocenters. The van der Waals surface area contributed by atoms with Gasteiger partial charge in [-0.1, -0.05) is 17.7 Å². The van der Waals surface area contributed by atoms with Crippen LogP contribution in [-0.4, -0.2) is 30.4 Å². The van der Waals surface area contributed by atoms with Gasteiger partial charge in [0.15, 0.2) is 0 Å². The minimum Gasteiger partial charge on any atom is -0.326 e. The molecule has 1 aliphatic rings. The Hall–Kier alpha value is -1.06. The summed E-state index contributed by atoms with van der Waals surface area (Å²) in [5.41, 5.74) is 0.760. The molecule has 1 fully saturated rings. The van der Waals surface area contributed by atoms with Crippen molar-refractivity contribution in [3.63, 3.8) is 0 Å². The average molecular weight is 281 g/mol. The standard InChI is InChI=1S/C15H21ClN2O/c1-11(12-6-7-12)18(2)9-8-15(19)17-14-5-3-4-13(16)10-14/h3-5,10-12H,6-9H2,1-2H3,(H,17,19). The first-order valence-electron chi connectivity index (χ1n) is 6.82. The summed E-state index contributed by atoms with van der Waals surface area (Å²) < 4.78 is 0. The van der Waals surface area contributed by atoms with Gasteiger partial charge in [-0.15, -0.1) is 0 Å². The summed E-state index contributed by atoms with van der Waals surface area (Å²) in [6, 6.07) is 7.82. The van der Waals surface area contributed by atoms with Crippen LogP contribution in [0, 0.1) is 5.92 Å². The lowest BCUT2D eigenvalue weighted by Gasteiger charge is -2.24. The molecule has 1 atom stereocenters. The SMILES string of the molecule is CC(C1CC1)N(C)CCC(=O)Nc1cccc(Cl)c1. The molecule has 2 rings (SSSR count). The molecule has 0 spiro atoms. The van der Waals surface area contributed by atoms with E-state index >= 15 is 0 Å². The Morgan fingerprint density at radius 2 is 2.26 bits per heavy atom. The normalized spacial score (nSPS) is 16.4. The molecule has 1 saturated carbocycles. The van der Waals surface area contributed by atoms with E-state index in [-0.39, 0.29) is 5.91 Å². The zero-order valence-corrected chi connectivity index (χ0v) is 12.3. The van der Waals surface area contributed by atoms with Crippen LogP contribution in [0.5, 0.6) is 0 Å². The summed E-state index contributed by atoms with van der Waals surface area (Å²) in [7, 11) is 2.09. The highest BCUT2D eigenvalue weighted by Gasteiger charge is 2.30. The molecule has 3 nitrogen and oxygen atoms in total. The van der Waals surface area contributed by atoms with Gasteiger partial charge in [-0.25, -0.2) is 0 Å². The second-order valence-electron chi connectivity index (χ2n) is 5.37. The molecule has 1 N–H and O–H groups in total. The number of nitrogens with one attached hydrogen (secondary N) is 1. The predicted octanol–water partition coefficient (Wildman–Crippen LogP) is 3.40. The van der Waals surface area contributed by atoms with Crippen molar-refractivity contribution in [3.8, 4) is 0 Å². The second-order valence-corrected chi connectivity index (χ2v) is 5.80. The fourth-order valence-electron chi connectivity index (χ4n) is 2.21. The molecule has 1 aliphatic carbocycles. The third-order valence-corrected chi connectivity index (χ3v) is 4.03. The Bertz CT molecular complexity index is 446. The van der Waals surface area contributed by atoms with Gasteiger partial charge in [0.05, 0.1) is 0 Å². The van der Waals surface area contributed by atoms with E-state index in [1.807, 2.05) is 12.1 Å². The monoisotopic (exact) mass is 280 g/mol. The van der Waals surface area contributed by atoms with Crippen LogP contribution < -0.4 is 5.32 Å². The molecule has 104 valence electrons. The molecule has 19 heavy (non-hydrogen) atoms. The first kappa shape index (κ1) is 14.4. The second kappa shape index (κ2) is 6.40. The maximum Gasteiger partial charge on any atom is 0.225 e. The van der Waals surface area contributed by atoms with Crippen LogP contribution >= 0.6 is 11.6 Å². The van der Waals surface area contributed by atoms with Crippen LogP contribution in [0.4, 0.5) is 5.69 Å². The highest BCUT2D eigenvalue weighted by atomic mass is 35.5. The highest BCUT2D eigenvalue weighted by molar-refractivity contribution is 6.30.